The second-order valence-electron chi connectivity index (χ2n) is 7.45. The Morgan fingerprint density at radius 1 is 1.12 bits per heavy atom. The number of fused-ring (bicyclic) bond motifs is 1. The van der Waals surface area contributed by atoms with Crippen LogP contribution >= 0.6 is 0 Å². The zero-order valence-electron chi connectivity index (χ0n) is 14.8. The number of ether oxygens (including phenoxy) is 2. The third kappa shape index (κ3) is 3.82. The number of likely N-dealkylation sites (tertiary alicyclic amines) is 1. The second-order valence-corrected chi connectivity index (χ2v) is 7.45. The molecule has 3 fully saturated rings. The van der Waals surface area contributed by atoms with Crippen LogP contribution in [-0.4, -0.2) is 62.4 Å². The first-order chi connectivity index (χ1) is 12.3. The minimum absolute atomic E-state index is 0.148. The van der Waals surface area contributed by atoms with E-state index in [4.69, 9.17) is 9.47 Å². The van der Waals surface area contributed by atoms with E-state index < -0.39 is 0 Å². The van der Waals surface area contributed by atoms with Crippen LogP contribution in [0.1, 0.15) is 25.7 Å². The van der Waals surface area contributed by atoms with Gasteiger partial charge >= 0.3 is 0 Å². The van der Waals surface area contributed by atoms with Gasteiger partial charge in [-0.1, -0.05) is 18.2 Å². The zero-order chi connectivity index (χ0) is 17.1. The SMILES string of the molecule is O=C(COC[C@@H]1C[C@@H]2OCCN(c3ccccc3)[C@H]2C1)N1CCCC1. The van der Waals surface area contributed by atoms with Crippen LogP contribution in [0.2, 0.25) is 0 Å². The maximum absolute atomic E-state index is 12.1. The number of carbonyl (C=O) groups excluding carboxylic acids is 1. The molecule has 0 aromatic heterocycles. The normalized spacial score (nSPS) is 29.0. The zero-order valence-corrected chi connectivity index (χ0v) is 14.8. The van der Waals surface area contributed by atoms with E-state index in [2.05, 4.69) is 35.2 Å². The van der Waals surface area contributed by atoms with Crippen LogP contribution in [0, 0.1) is 5.92 Å². The summed E-state index contributed by atoms with van der Waals surface area (Å²) in [5, 5.41) is 0. The molecule has 5 nitrogen and oxygen atoms in total. The van der Waals surface area contributed by atoms with E-state index in [1.165, 1.54) is 5.69 Å². The van der Waals surface area contributed by atoms with Crippen LogP contribution in [0.3, 0.4) is 0 Å². The van der Waals surface area contributed by atoms with Crippen LogP contribution in [-0.2, 0) is 14.3 Å². The van der Waals surface area contributed by atoms with Gasteiger partial charge < -0.3 is 19.3 Å². The average Bonchev–Trinajstić information content (AvgIpc) is 3.31. The van der Waals surface area contributed by atoms with Gasteiger partial charge in [0.2, 0.25) is 5.91 Å². The Balaban J connectivity index is 1.28. The van der Waals surface area contributed by atoms with Gasteiger partial charge in [0.25, 0.3) is 0 Å². The molecule has 1 aromatic rings. The summed E-state index contributed by atoms with van der Waals surface area (Å²) in [6.07, 6.45) is 4.66. The lowest BCUT2D eigenvalue weighted by molar-refractivity contribution is -0.135. The molecule has 0 bridgehead atoms. The largest absolute Gasteiger partial charge is 0.374 e. The Morgan fingerprint density at radius 2 is 1.92 bits per heavy atom. The standard InChI is InChI=1S/C20H28N2O3/c23-20(21-8-4-5-9-21)15-24-14-16-12-18-19(13-16)25-11-10-22(18)17-6-2-1-3-7-17/h1-3,6-7,16,18-19H,4-5,8-15H2/t16-,18-,19-/m0/s1. The van der Waals surface area contributed by atoms with E-state index in [9.17, 15) is 4.79 Å². The van der Waals surface area contributed by atoms with E-state index in [0.29, 0.717) is 18.6 Å². The van der Waals surface area contributed by atoms with Gasteiger partial charge in [0, 0.05) is 25.3 Å². The lowest BCUT2D eigenvalue weighted by Gasteiger charge is -2.39. The van der Waals surface area contributed by atoms with E-state index in [1.807, 2.05) is 4.90 Å². The highest BCUT2D eigenvalue weighted by molar-refractivity contribution is 5.77. The van der Waals surface area contributed by atoms with Crippen LogP contribution in [0.4, 0.5) is 5.69 Å². The van der Waals surface area contributed by atoms with Crippen LogP contribution in [0.15, 0.2) is 30.3 Å². The third-order valence-electron chi connectivity index (χ3n) is 5.76. The second kappa shape index (κ2) is 7.75. The molecule has 1 amide bonds. The van der Waals surface area contributed by atoms with Crippen molar-refractivity contribution in [3.8, 4) is 0 Å². The predicted octanol–water partition coefficient (Wildman–Crippen LogP) is 2.31. The Bertz CT molecular complexity index is 574. The topological polar surface area (TPSA) is 42.0 Å². The number of hydrogen-bond donors (Lipinski definition) is 0. The monoisotopic (exact) mass is 344 g/mol. The maximum atomic E-state index is 12.1. The number of hydrogen-bond acceptors (Lipinski definition) is 4. The van der Waals surface area contributed by atoms with E-state index in [1.54, 1.807) is 0 Å². The van der Waals surface area contributed by atoms with E-state index in [0.717, 1.165) is 51.9 Å². The van der Waals surface area contributed by atoms with Crippen LogP contribution in [0.5, 0.6) is 0 Å². The van der Waals surface area contributed by atoms with Gasteiger partial charge in [-0.25, -0.2) is 0 Å². The maximum Gasteiger partial charge on any atom is 0.248 e. The number of nitrogens with zero attached hydrogens (tertiary/aromatic N) is 2. The minimum atomic E-state index is 0.148. The molecule has 3 atom stereocenters. The molecule has 3 aliphatic rings. The van der Waals surface area contributed by atoms with Crippen molar-refractivity contribution >= 4 is 11.6 Å². The lowest BCUT2D eigenvalue weighted by Crippen LogP contribution is -2.48. The molecule has 0 N–H and O–H groups in total. The van der Waals surface area contributed by atoms with E-state index in [-0.39, 0.29) is 18.6 Å². The van der Waals surface area contributed by atoms with Crippen molar-refractivity contribution in [1.29, 1.82) is 0 Å². The van der Waals surface area contributed by atoms with Gasteiger partial charge in [-0.3, -0.25) is 4.79 Å². The summed E-state index contributed by atoms with van der Waals surface area (Å²) < 4.78 is 11.8. The highest BCUT2D eigenvalue weighted by atomic mass is 16.5. The van der Waals surface area contributed by atoms with Crippen molar-refractivity contribution in [1.82, 2.24) is 4.90 Å². The summed E-state index contributed by atoms with van der Waals surface area (Å²) in [6, 6.07) is 11.0. The molecule has 0 spiro atoms. The molecule has 1 saturated carbocycles. The summed E-state index contributed by atoms with van der Waals surface area (Å²) in [5.41, 5.74) is 1.28. The Hall–Kier alpha value is -1.59. The molecular weight excluding hydrogens is 316 g/mol. The van der Waals surface area contributed by atoms with Crippen LogP contribution in [0.25, 0.3) is 0 Å². The molecular formula is C20H28N2O3. The summed E-state index contributed by atoms with van der Waals surface area (Å²) in [4.78, 5) is 16.5. The average molecular weight is 344 g/mol. The molecule has 5 heteroatoms. The molecule has 136 valence electrons. The predicted molar refractivity (Wildman–Crippen MR) is 96.7 cm³/mol. The molecule has 1 aliphatic carbocycles. The number of morpholine rings is 1. The molecule has 0 unspecified atom stereocenters. The number of carbonyl (C=O) groups is 1. The summed E-state index contributed by atoms with van der Waals surface area (Å²) in [7, 11) is 0. The van der Waals surface area contributed by atoms with Gasteiger partial charge in [0.15, 0.2) is 0 Å². The highest BCUT2D eigenvalue weighted by Crippen LogP contribution is 2.36. The summed E-state index contributed by atoms with van der Waals surface area (Å²) in [5.74, 6) is 0.626. The fourth-order valence-corrected chi connectivity index (χ4v) is 4.50. The van der Waals surface area contributed by atoms with E-state index >= 15 is 0 Å². The summed E-state index contributed by atoms with van der Waals surface area (Å²) >= 11 is 0. The number of rotatable bonds is 5. The van der Waals surface area contributed by atoms with Gasteiger partial charge in [-0.2, -0.15) is 0 Å². The van der Waals surface area contributed by atoms with Crippen LogP contribution < -0.4 is 4.90 Å². The number of anilines is 1. The first kappa shape index (κ1) is 16.9. The molecule has 25 heavy (non-hydrogen) atoms. The molecule has 2 aliphatic heterocycles. The fraction of sp³-hybridized carbons (Fsp3) is 0.650. The van der Waals surface area contributed by atoms with Crippen molar-refractivity contribution in [2.75, 3.05) is 44.4 Å². The Labute approximate surface area is 149 Å². The first-order valence-electron chi connectivity index (χ1n) is 9.60. The number of benzene rings is 1. The van der Waals surface area contributed by atoms with Gasteiger partial charge in [-0.05, 0) is 43.7 Å². The van der Waals surface area contributed by atoms with Crippen molar-refractivity contribution in [3.63, 3.8) is 0 Å². The van der Waals surface area contributed by atoms with Crippen molar-refractivity contribution in [3.05, 3.63) is 30.3 Å². The molecule has 1 aromatic carbocycles. The Morgan fingerprint density at radius 3 is 2.72 bits per heavy atom. The highest BCUT2D eigenvalue weighted by Gasteiger charge is 2.41. The minimum Gasteiger partial charge on any atom is -0.374 e. The first-order valence-corrected chi connectivity index (χ1v) is 9.60. The van der Waals surface area contributed by atoms with Gasteiger partial charge in [0.1, 0.15) is 6.61 Å². The fourth-order valence-electron chi connectivity index (χ4n) is 4.50. The third-order valence-corrected chi connectivity index (χ3v) is 5.76. The summed E-state index contributed by atoms with van der Waals surface area (Å²) in [6.45, 7) is 4.43. The van der Waals surface area contributed by atoms with Crippen molar-refractivity contribution in [2.24, 2.45) is 5.92 Å². The van der Waals surface area contributed by atoms with Gasteiger partial charge in [0.05, 0.1) is 25.4 Å². The molecule has 2 heterocycles. The number of para-hydroxylation sites is 1. The molecule has 2 saturated heterocycles. The van der Waals surface area contributed by atoms with Gasteiger partial charge in [-0.15, -0.1) is 0 Å². The number of amides is 1. The smallest absolute Gasteiger partial charge is 0.248 e. The Kier molecular flexibility index (Phi) is 5.22. The molecule has 4 rings (SSSR count). The molecule has 0 radical (unpaired) electrons. The van der Waals surface area contributed by atoms with Crippen molar-refractivity contribution < 1.29 is 14.3 Å². The van der Waals surface area contributed by atoms with Crippen molar-refractivity contribution in [2.45, 2.75) is 37.8 Å². The quantitative estimate of drug-likeness (QED) is 0.822. The lowest BCUT2D eigenvalue weighted by atomic mass is 10.1.